The van der Waals surface area contributed by atoms with Gasteiger partial charge in [0.05, 0.1) is 6.54 Å². The minimum atomic E-state index is -1.05. The van der Waals surface area contributed by atoms with Gasteiger partial charge in [0.15, 0.2) is 5.69 Å². The zero-order chi connectivity index (χ0) is 13.8. The fourth-order valence-corrected chi connectivity index (χ4v) is 1.62. The molecule has 0 atom stereocenters. The minimum Gasteiger partial charge on any atom is -0.492 e. The predicted molar refractivity (Wildman–Crippen MR) is 65.8 cm³/mol. The maximum Gasteiger partial charge on any atom is 0.356 e. The number of halogens is 1. The van der Waals surface area contributed by atoms with Crippen molar-refractivity contribution in [3.8, 4) is 5.75 Å². The number of hydrogen-bond acceptors (Lipinski definition) is 3. The summed E-state index contributed by atoms with van der Waals surface area (Å²) in [5.41, 5.74) is 0.763. The van der Waals surface area contributed by atoms with Crippen LogP contribution in [0, 0.1) is 12.7 Å². The molecule has 0 aliphatic carbocycles. The Balaban J connectivity index is 1.92. The highest BCUT2D eigenvalue weighted by molar-refractivity contribution is 5.85. The van der Waals surface area contributed by atoms with E-state index in [9.17, 15) is 9.18 Å². The Morgan fingerprint density at radius 1 is 1.42 bits per heavy atom. The number of ether oxygens (including phenoxy) is 1. The first kappa shape index (κ1) is 13.1. The molecule has 0 fully saturated rings. The Kier molecular flexibility index (Phi) is 3.79. The van der Waals surface area contributed by atoms with E-state index in [4.69, 9.17) is 9.84 Å². The van der Waals surface area contributed by atoms with Gasteiger partial charge in [0.25, 0.3) is 0 Å². The Hall–Kier alpha value is -2.37. The molecule has 6 heteroatoms. The van der Waals surface area contributed by atoms with Gasteiger partial charge in [-0.3, -0.25) is 4.68 Å². The number of aryl methyl sites for hydroxylation is 1. The Bertz CT molecular complexity index is 578. The van der Waals surface area contributed by atoms with Crippen LogP contribution in [0.1, 0.15) is 16.2 Å². The summed E-state index contributed by atoms with van der Waals surface area (Å²) >= 11 is 0. The lowest BCUT2D eigenvalue weighted by Gasteiger charge is -2.07. The highest BCUT2D eigenvalue weighted by atomic mass is 19.1. The van der Waals surface area contributed by atoms with Crippen LogP contribution in [0.4, 0.5) is 4.39 Å². The second-order valence-electron chi connectivity index (χ2n) is 4.00. The van der Waals surface area contributed by atoms with Crippen molar-refractivity contribution in [2.45, 2.75) is 13.5 Å². The lowest BCUT2D eigenvalue weighted by Crippen LogP contribution is -2.11. The van der Waals surface area contributed by atoms with E-state index < -0.39 is 5.97 Å². The number of carboxylic acids is 1. The van der Waals surface area contributed by atoms with Crippen molar-refractivity contribution in [3.63, 3.8) is 0 Å². The summed E-state index contributed by atoms with van der Waals surface area (Å²) in [7, 11) is 0. The van der Waals surface area contributed by atoms with Gasteiger partial charge in [0.2, 0.25) is 0 Å². The fourth-order valence-electron chi connectivity index (χ4n) is 1.62. The molecule has 1 heterocycles. The van der Waals surface area contributed by atoms with E-state index in [2.05, 4.69) is 5.10 Å². The van der Waals surface area contributed by atoms with Gasteiger partial charge in [0.1, 0.15) is 18.2 Å². The van der Waals surface area contributed by atoms with E-state index in [1.54, 1.807) is 11.6 Å². The molecule has 19 heavy (non-hydrogen) atoms. The number of aromatic carboxylic acids is 1. The summed E-state index contributed by atoms with van der Waals surface area (Å²) in [4.78, 5) is 10.8. The summed E-state index contributed by atoms with van der Waals surface area (Å²) in [6.07, 6.45) is 0. The van der Waals surface area contributed by atoms with Gasteiger partial charge >= 0.3 is 5.97 Å². The van der Waals surface area contributed by atoms with E-state index in [0.29, 0.717) is 18.9 Å². The van der Waals surface area contributed by atoms with Crippen molar-refractivity contribution in [2.24, 2.45) is 0 Å². The third-order valence-electron chi connectivity index (χ3n) is 2.59. The molecule has 1 aromatic carbocycles. The molecule has 0 saturated heterocycles. The summed E-state index contributed by atoms with van der Waals surface area (Å²) in [6, 6.07) is 7.20. The lowest BCUT2D eigenvalue weighted by molar-refractivity contribution is 0.0689. The summed E-state index contributed by atoms with van der Waals surface area (Å²) < 4.78 is 19.7. The first-order valence-electron chi connectivity index (χ1n) is 5.72. The molecule has 0 saturated carbocycles. The van der Waals surface area contributed by atoms with Crippen LogP contribution >= 0.6 is 0 Å². The molecule has 2 rings (SSSR count). The number of aromatic nitrogens is 2. The van der Waals surface area contributed by atoms with Gasteiger partial charge in [-0.05, 0) is 37.3 Å². The zero-order valence-electron chi connectivity index (χ0n) is 10.3. The third kappa shape index (κ3) is 3.31. The van der Waals surface area contributed by atoms with Gasteiger partial charge < -0.3 is 9.84 Å². The smallest absolute Gasteiger partial charge is 0.356 e. The molecule has 2 aromatic rings. The predicted octanol–water partition coefficient (Wildman–Crippen LogP) is 2.11. The van der Waals surface area contributed by atoms with Crippen LogP contribution in [0.2, 0.25) is 0 Å². The lowest BCUT2D eigenvalue weighted by atomic mass is 10.3. The van der Waals surface area contributed by atoms with Crippen molar-refractivity contribution in [3.05, 3.63) is 47.5 Å². The van der Waals surface area contributed by atoms with Crippen molar-refractivity contribution in [2.75, 3.05) is 6.61 Å². The number of hydrogen-bond donors (Lipinski definition) is 1. The SMILES string of the molecule is Cc1cc(C(=O)O)nn1CCOc1ccc(F)cc1. The third-order valence-corrected chi connectivity index (χ3v) is 2.59. The van der Waals surface area contributed by atoms with Crippen molar-refractivity contribution < 1.29 is 19.0 Å². The largest absolute Gasteiger partial charge is 0.492 e. The molecule has 0 aliphatic heterocycles. The maximum absolute atomic E-state index is 12.7. The maximum atomic E-state index is 12.7. The second-order valence-corrected chi connectivity index (χ2v) is 4.00. The van der Waals surface area contributed by atoms with Crippen LogP contribution in [0.5, 0.6) is 5.75 Å². The molecule has 0 amide bonds. The molecule has 5 nitrogen and oxygen atoms in total. The number of benzene rings is 1. The van der Waals surface area contributed by atoms with Crippen LogP contribution in [0.25, 0.3) is 0 Å². The first-order valence-corrected chi connectivity index (χ1v) is 5.72. The van der Waals surface area contributed by atoms with Crippen LogP contribution < -0.4 is 4.74 Å². The average molecular weight is 264 g/mol. The number of carbonyl (C=O) groups is 1. The van der Waals surface area contributed by atoms with Crippen LogP contribution in [0.3, 0.4) is 0 Å². The van der Waals surface area contributed by atoms with Crippen molar-refractivity contribution in [1.29, 1.82) is 0 Å². The van der Waals surface area contributed by atoms with E-state index >= 15 is 0 Å². The van der Waals surface area contributed by atoms with Crippen LogP contribution in [-0.4, -0.2) is 27.5 Å². The molecule has 1 N–H and O–H groups in total. The number of nitrogens with zero attached hydrogens (tertiary/aromatic N) is 2. The number of carboxylic acid groups (broad SMARTS) is 1. The summed E-state index contributed by atoms with van der Waals surface area (Å²) in [5, 5.41) is 12.7. The van der Waals surface area contributed by atoms with E-state index in [1.807, 2.05) is 0 Å². The topological polar surface area (TPSA) is 64.3 Å². The number of rotatable bonds is 5. The zero-order valence-corrected chi connectivity index (χ0v) is 10.3. The minimum absolute atomic E-state index is 0.0132. The molecular formula is C13H13FN2O3. The molecule has 0 aliphatic rings. The molecule has 0 radical (unpaired) electrons. The second kappa shape index (κ2) is 5.51. The van der Waals surface area contributed by atoms with E-state index in [0.717, 1.165) is 5.69 Å². The Morgan fingerprint density at radius 2 is 2.11 bits per heavy atom. The molecule has 0 bridgehead atoms. The van der Waals surface area contributed by atoms with Crippen molar-refractivity contribution in [1.82, 2.24) is 9.78 Å². The monoisotopic (exact) mass is 264 g/mol. The molecule has 0 spiro atoms. The normalized spacial score (nSPS) is 10.4. The fraction of sp³-hybridized carbons (Fsp3) is 0.231. The van der Waals surface area contributed by atoms with Crippen LogP contribution in [-0.2, 0) is 6.54 Å². The van der Waals surface area contributed by atoms with Crippen molar-refractivity contribution >= 4 is 5.97 Å². The van der Waals surface area contributed by atoms with Gasteiger partial charge in [0, 0.05) is 5.69 Å². The standard InChI is InChI=1S/C13H13FN2O3/c1-9-8-12(13(17)18)15-16(9)6-7-19-11-4-2-10(14)3-5-11/h2-5,8H,6-7H2,1H3,(H,17,18). The highest BCUT2D eigenvalue weighted by Crippen LogP contribution is 2.11. The van der Waals surface area contributed by atoms with Crippen LogP contribution in [0.15, 0.2) is 30.3 Å². The van der Waals surface area contributed by atoms with E-state index in [1.165, 1.54) is 30.3 Å². The Labute approximate surface area is 109 Å². The summed E-state index contributed by atoms with van der Waals surface area (Å²) in [5.74, 6) is -0.813. The van der Waals surface area contributed by atoms with Gasteiger partial charge in [-0.15, -0.1) is 0 Å². The summed E-state index contributed by atoms with van der Waals surface area (Å²) in [6.45, 7) is 2.53. The molecule has 1 aromatic heterocycles. The quantitative estimate of drug-likeness (QED) is 0.898. The molecule has 100 valence electrons. The van der Waals surface area contributed by atoms with Gasteiger partial charge in [-0.1, -0.05) is 0 Å². The first-order chi connectivity index (χ1) is 9.06. The van der Waals surface area contributed by atoms with Gasteiger partial charge in [-0.25, -0.2) is 9.18 Å². The average Bonchev–Trinajstić information content (AvgIpc) is 2.74. The Morgan fingerprint density at radius 3 is 2.68 bits per heavy atom. The molecular weight excluding hydrogens is 251 g/mol. The van der Waals surface area contributed by atoms with Gasteiger partial charge in [-0.2, -0.15) is 5.10 Å². The highest BCUT2D eigenvalue weighted by Gasteiger charge is 2.10. The van der Waals surface area contributed by atoms with E-state index in [-0.39, 0.29) is 11.5 Å². The molecule has 0 unspecified atom stereocenters.